The number of carbonyl (C=O) groups is 1. The fraction of sp³-hybridized carbons (Fsp3) is 0.600. The number of methoxy groups -OCH3 is 1. The van der Waals surface area contributed by atoms with Crippen molar-refractivity contribution in [1.29, 1.82) is 0 Å². The van der Waals surface area contributed by atoms with Crippen molar-refractivity contribution in [2.75, 3.05) is 53.6 Å². The average Bonchev–Trinajstić information content (AvgIpc) is 2.76. The van der Waals surface area contributed by atoms with Crippen LogP contribution >= 0.6 is 0 Å². The number of hydrogen-bond acceptors (Lipinski definition) is 5. The molecule has 154 valence electrons. The number of nitrogens with one attached hydrogen (secondary N) is 1. The number of aliphatic imine (C=N–C) groups is 1. The van der Waals surface area contributed by atoms with Gasteiger partial charge in [0.25, 0.3) is 0 Å². The topological polar surface area (TPSA) is 86.6 Å². The number of nitrogens with zero attached hydrogens (tertiary/aromatic N) is 3. The summed E-state index contributed by atoms with van der Waals surface area (Å²) in [4.78, 5) is 21.1. The summed E-state index contributed by atoms with van der Waals surface area (Å²) >= 11 is 0. The first-order valence-corrected chi connectivity index (χ1v) is 9.80. The van der Waals surface area contributed by atoms with Gasteiger partial charge < -0.3 is 29.7 Å². The largest absolute Gasteiger partial charge is 0.508 e. The number of phenolic OH excluding ortho intramolecular Hbond substituents is 1. The second kappa shape index (κ2) is 9.64. The van der Waals surface area contributed by atoms with Gasteiger partial charge in [-0.3, -0.25) is 9.79 Å². The molecular formula is C20H30N4O4. The summed E-state index contributed by atoms with van der Waals surface area (Å²) < 4.78 is 10.6. The maximum atomic E-state index is 12.7. The Hall–Kier alpha value is -2.48. The SMILES string of the molecule is CN=C(NCc1cc(OC)ccc1O)N1CCC(C(=O)N2CCOCC2)CC1. The number of guanidine groups is 1. The fourth-order valence-corrected chi connectivity index (χ4v) is 3.72. The molecule has 0 saturated carbocycles. The van der Waals surface area contributed by atoms with Crippen molar-refractivity contribution < 1.29 is 19.4 Å². The van der Waals surface area contributed by atoms with Crippen molar-refractivity contribution in [2.45, 2.75) is 19.4 Å². The van der Waals surface area contributed by atoms with Gasteiger partial charge in [-0.1, -0.05) is 0 Å². The van der Waals surface area contributed by atoms with Crippen LogP contribution in [0, 0.1) is 5.92 Å². The summed E-state index contributed by atoms with van der Waals surface area (Å²) in [5, 5.41) is 13.3. The maximum absolute atomic E-state index is 12.7. The Balaban J connectivity index is 1.52. The summed E-state index contributed by atoms with van der Waals surface area (Å²) in [7, 11) is 3.35. The van der Waals surface area contributed by atoms with Gasteiger partial charge in [0.05, 0.1) is 20.3 Å². The number of piperidine rings is 1. The van der Waals surface area contributed by atoms with Crippen LogP contribution in [0.4, 0.5) is 0 Å². The molecule has 0 spiro atoms. The van der Waals surface area contributed by atoms with E-state index in [1.165, 1.54) is 0 Å². The number of phenols is 1. The van der Waals surface area contributed by atoms with E-state index < -0.39 is 0 Å². The van der Waals surface area contributed by atoms with Crippen LogP contribution in [0.1, 0.15) is 18.4 Å². The number of hydrogen-bond donors (Lipinski definition) is 2. The zero-order valence-electron chi connectivity index (χ0n) is 16.7. The van der Waals surface area contributed by atoms with Crippen molar-refractivity contribution in [2.24, 2.45) is 10.9 Å². The predicted molar refractivity (Wildman–Crippen MR) is 107 cm³/mol. The lowest BCUT2D eigenvalue weighted by molar-refractivity contribution is -0.140. The normalized spacial score (nSPS) is 18.9. The molecule has 0 bridgehead atoms. The number of rotatable bonds is 4. The van der Waals surface area contributed by atoms with E-state index in [4.69, 9.17) is 9.47 Å². The molecule has 0 aliphatic carbocycles. The monoisotopic (exact) mass is 390 g/mol. The lowest BCUT2D eigenvalue weighted by Crippen LogP contribution is -2.49. The Morgan fingerprint density at radius 3 is 2.61 bits per heavy atom. The first kappa shape index (κ1) is 20.3. The number of benzene rings is 1. The van der Waals surface area contributed by atoms with Gasteiger partial charge in [-0.05, 0) is 31.0 Å². The number of carbonyl (C=O) groups excluding carboxylic acids is 1. The van der Waals surface area contributed by atoms with Gasteiger partial charge in [-0.2, -0.15) is 0 Å². The lowest BCUT2D eigenvalue weighted by atomic mass is 9.95. The first-order chi connectivity index (χ1) is 13.6. The minimum atomic E-state index is 0.0786. The molecule has 8 heteroatoms. The average molecular weight is 390 g/mol. The van der Waals surface area contributed by atoms with E-state index in [0.29, 0.717) is 38.6 Å². The molecule has 2 aliphatic rings. The van der Waals surface area contributed by atoms with Crippen molar-refractivity contribution in [1.82, 2.24) is 15.1 Å². The summed E-state index contributed by atoms with van der Waals surface area (Å²) in [5.41, 5.74) is 0.748. The van der Waals surface area contributed by atoms with E-state index >= 15 is 0 Å². The van der Waals surface area contributed by atoms with Crippen LogP contribution in [0.3, 0.4) is 0 Å². The van der Waals surface area contributed by atoms with Crippen LogP contribution in [0.2, 0.25) is 0 Å². The van der Waals surface area contributed by atoms with Crippen LogP contribution < -0.4 is 10.1 Å². The van der Waals surface area contributed by atoms with E-state index in [2.05, 4.69) is 15.2 Å². The van der Waals surface area contributed by atoms with Crippen LogP contribution in [0.15, 0.2) is 23.2 Å². The molecule has 0 atom stereocenters. The van der Waals surface area contributed by atoms with Gasteiger partial charge in [-0.25, -0.2) is 0 Å². The number of ether oxygens (including phenoxy) is 2. The molecule has 2 heterocycles. The minimum absolute atomic E-state index is 0.0786. The second-order valence-electron chi connectivity index (χ2n) is 7.09. The highest BCUT2D eigenvalue weighted by Gasteiger charge is 2.30. The lowest BCUT2D eigenvalue weighted by Gasteiger charge is -2.36. The Morgan fingerprint density at radius 2 is 1.96 bits per heavy atom. The standard InChI is InChI=1S/C20H30N4O4/c1-21-20(22-14-16-13-17(27-2)3-4-18(16)25)24-7-5-15(6-8-24)19(26)23-9-11-28-12-10-23/h3-4,13,15,25H,5-12,14H2,1-2H3,(H,21,22). The Morgan fingerprint density at radius 1 is 1.25 bits per heavy atom. The molecule has 2 saturated heterocycles. The van der Waals surface area contributed by atoms with E-state index in [0.717, 1.165) is 37.5 Å². The van der Waals surface area contributed by atoms with Crippen molar-refractivity contribution in [3.05, 3.63) is 23.8 Å². The summed E-state index contributed by atoms with van der Waals surface area (Å²) in [6.07, 6.45) is 1.64. The molecule has 2 aliphatic heterocycles. The maximum Gasteiger partial charge on any atom is 0.225 e. The van der Waals surface area contributed by atoms with E-state index in [9.17, 15) is 9.90 Å². The van der Waals surface area contributed by atoms with Crippen molar-refractivity contribution in [3.63, 3.8) is 0 Å². The van der Waals surface area contributed by atoms with Crippen molar-refractivity contribution in [3.8, 4) is 11.5 Å². The highest BCUT2D eigenvalue weighted by atomic mass is 16.5. The van der Waals surface area contributed by atoms with Gasteiger partial charge >= 0.3 is 0 Å². The minimum Gasteiger partial charge on any atom is -0.508 e. The highest BCUT2D eigenvalue weighted by Crippen LogP contribution is 2.23. The molecule has 2 fully saturated rings. The zero-order valence-corrected chi connectivity index (χ0v) is 16.7. The molecule has 8 nitrogen and oxygen atoms in total. The van der Waals surface area contributed by atoms with Crippen LogP contribution in [0.5, 0.6) is 11.5 Å². The molecule has 0 unspecified atom stereocenters. The van der Waals surface area contributed by atoms with E-state index in [-0.39, 0.29) is 17.6 Å². The van der Waals surface area contributed by atoms with Gasteiger partial charge in [0.1, 0.15) is 11.5 Å². The summed E-state index contributed by atoms with van der Waals surface area (Å²) in [6.45, 7) is 4.69. The Kier molecular flexibility index (Phi) is 6.97. The highest BCUT2D eigenvalue weighted by molar-refractivity contribution is 5.82. The van der Waals surface area contributed by atoms with Crippen LogP contribution in [0.25, 0.3) is 0 Å². The molecule has 1 amide bonds. The Bertz CT molecular complexity index is 695. The molecular weight excluding hydrogens is 360 g/mol. The van der Waals surface area contributed by atoms with Gasteiger partial charge in [0.2, 0.25) is 5.91 Å². The Labute approximate surface area is 166 Å². The number of morpholine rings is 1. The third-order valence-corrected chi connectivity index (χ3v) is 5.40. The van der Waals surface area contributed by atoms with Crippen LogP contribution in [-0.4, -0.2) is 80.3 Å². The summed E-state index contributed by atoms with van der Waals surface area (Å²) in [5.74, 6) is 2.03. The first-order valence-electron chi connectivity index (χ1n) is 9.80. The number of aromatic hydroxyl groups is 1. The predicted octanol–water partition coefficient (Wildman–Crippen LogP) is 1.05. The second-order valence-corrected chi connectivity index (χ2v) is 7.09. The number of likely N-dealkylation sites (tertiary alicyclic amines) is 1. The zero-order chi connectivity index (χ0) is 19.9. The van der Waals surface area contributed by atoms with E-state index in [1.807, 2.05) is 11.0 Å². The molecule has 1 aromatic carbocycles. The van der Waals surface area contributed by atoms with Gasteiger partial charge in [-0.15, -0.1) is 0 Å². The van der Waals surface area contributed by atoms with Crippen molar-refractivity contribution >= 4 is 11.9 Å². The molecule has 0 radical (unpaired) electrons. The number of amides is 1. The smallest absolute Gasteiger partial charge is 0.225 e. The van der Waals surface area contributed by atoms with Gasteiger partial charge in [0, 0.05) is 51.3 Å². The molecule has 0 aromatic heterocycles. The molecule has 1 aromatic rings. The third-order valence-electron chi connectivity index (χ3n) is 5.40. The van der Waals surface area contributed by atoms with E-state index in [1.54, 1.807) is 26.3 Å². The molecule has 2 N–H and O–H groups in total. The third kappa shape index (κ3) is 4.86. The fourth-order valence-electron chi connectivity index (χ4n) is 3.72. The molecule has 3 rings (SSSR count). The van der Waals surface area contributed by atoms with Crippen LogP contribution in [-0.2, 0) is 16.1 Å². The summed E-state index contributed by atoms with van der Waals surface area (Å²) in [6, 6.07) is 5.16. The quantitative estimate of drug-likeness (QED) is 0.590. The van der Waals surface area contributed by atoms with Gasteiger partial charge in [0.15, 0.2) is 5.96 Å². The molecule has 28 heavy (non-hydrogen) atoms.